The van der Waals surface area contributed by atoms with Gasteiger partial charge >= 0.3 is 0 Å². The van der Waals surface area contributed by atoms with Crippen LogP contribution in [0.1, 0.15) is 85.0 Å². The fourth-order valence-corrected chi connectivity index (χ4v) is 4.92. The second kappa shape index (κ2) is 18.6. The number of unbranched alkanes of at least 4 members (excludes halogenated alkanes) is 8. The summed E-state index contributed by atoms with van der Waals surface area (Å²) in [4.78, 5) is 0. The molecule has 3 nitrogen and oxygen atoms in total. The van der Waals surface area contributed by atoms with Crippen LogP contribution in [0.15, 0.2) is 0 Å². The number of rotatable bonds is 14. The lowest BCUT2D eigenvalue weighted by molar-refractivity contribution is 0.327. The van der Waals surface area contributed by atoms with Gasteiger partial charge in [-0.1, -0.05) is 71.6 Å². The molecule has 0 saturated carbocycles. The molecule has 0 aromatic rings. The average Bonchev–Trinajstić information content (AvgIpc) is 2.47. The monoisotopic (exact) mass is 366 g/mol. The third kappa shape index (κ3) is 24.7. The highest BCUT2D eigenvalue weighted by Gasteiger charge is 2.20. The zero-order valence-corrected chi connectivity index (χ0v) is 18.2. The molecule has 1 unspecified atom stereocenters. The van der Waals surface area contributed by atoms with Crippen LogP contribution in [0, 0.1) is 0 Å². The fraction of sp³-hybridized carbons (Fsp3) is 1.00. The summed E-state index contributed by atoms with van der Waals surface area (Å²) in [6, 6.07) is 1.34. The molecule has 0 aliphatic rings. The van der Waals surface area contributed by atoms with E-state index in [-0.39, 0.29) is 0 Å². The Morgan fingerprint density at radius 2 is 1.30 bits per heavy atom. The molecule has 0 amide bonds. The van der Waals surface area contributed by atoms with Crippen molar-refractivity contribution in [3.63, 3.8) is 0 Å². The second-order valence-electron chi connectivity index (χ2n) is 6.80. The molecule has 1 N–H and O–H groups in total. The summed E-state index contributed by atoms with van der Waals surface area (Å²) in [5.74, 6) is 0.438. The Bertz CT molecular complexity index is 261. The molecule has 0 spiro atoms. The first-order valence-electron chi connectivity index (χ1n) is 9.61. The maximum atomic E-state index is 9.99. The normalized spacial score (nSPS) is 12.6. The van der Waals surface area contributed by atoms with Crippen molar-refractivity contribution in [3.05, 3.63) is 0 Å². The molecule has 1 atom stereocenters. The maximum Gasteiger partial charge on any atom is 0.186 e. The summed E-state index contributed by atoms with van der Waals surface area (Å²) in [5.41, 5.74) is 0. The van der Waals surface area contributed by atoms with Gasteiger partial charge in [0.1, 0.15) is 0 Å². The first-order chi connectivity index (χ1) is 10.9. The van der Waals surface area contributed by atoms with Gasteiger partial charge in [0.2, 0.25) is 0 Å². The second-order valence-corrected chi connectivity index (χ2v) is 12.2. The van der Waals surface area contributed by atoms with Gasteiger partial charge in [-0.3, -0.25) is 0 Å². The minimum absolute atomic E-state index is 0.438. The highest BCUT2D eigenvalue weighted by Crippen LogP contribution is 2.17. The standard InChI is InChI=1S/C13H30OSi.C5H12O2S/c1-5-7-8-9-10-11-12-13-15(3,4)14-6-2;1-2-3-4-5-8(6)7/h5-13H2,1-4H3;2-5H2,1H3,(H,6,7). The molecule has 0 bridgehead atoms. The molecular formula is C18H42O3SSi. The predicted octanol–water partition coefficient (Wildman–Crippen LogP) is 6.38. The Kier molecular flexibility index (Phi) is 20.7. The topological polar surface area (TPSA) is 46.5 Å². The molecule has 0 aliphatic carbocycles. The third-order valence-electron chi connectivity index (χ3n) is 3.84. The van der Waals surface area contributed by atoms with Crippen LogP contribution in [-0.2, 0) is 15.5 Å². The number of hydrogen-bond acceptors (Lipinski definition) is 2. The van der Waals surface area contributed by atoms with Crippen molar-refractivity contribution >= 4 is 19.4 Å². The third-order valence-corrected chi connectivity index (χ3v) is 7.11. The van der Waals surface area contributed by atoms with Gasteiger partial charge in [0.05, 0.1) is 0 Å². The van der Waals surface area contributed by atoms with E-state index in [1.54, 1.807) is 0 Å². The van der Waals surface area contributed by atoms with E-state index in [2.05, 4.69) is 33.9 Å². The average molecular weight is 367 g/mol. The molecule has 0 aromatic carbocycles. The molecule has 0 saturated heterocycles. The lowest BCUT2D eigenvalue weighted by Gasteiger charge is -2.21. The molecule has 5 heteroatoms. The smallest absolute Gasteiger partial charge is 0.186 e. The van der Waals surface area contributed by atoms with E-state index in [1.165, 1.54) is 51.0 Å². The van der Waals surface area contributed by atoms with Crippen molar-refractivity contribution in [2.45, 2.75) is 104 Å². The van der Waals surface area contributed by atoms with E-state index >= 15 is 0 Å². The molecule has 0 heterocycles. The summed E-state index contributed by atoms with van der Waals surface area (Å²) in [6.45, 7) is 12.0. The fourth-order valence-electron chi connectivity index (χ4n) is 2.45. The molecule has 142 valence electrons. The summed E-state index contributed by atoms with van der Waals surface area (Å²) in [6.07, 6.45) is 12.9. The van der Waals surface area contributed by atoms with Gasteiger partial charge in [0, 0.05) is 12.4 Å². The minimum Gasteiger partial charge on any atom is -0.418 e. The van der Waals surface area contributed by atoms with E-state index in [1.807, 2.05) is 0 Å². The lowest BCUT2D eigenvalue weighted by Crippen LogP contribution is -2.29. The van der Waals surface area contributed by atoms with Crippen molar-refractivity contribution in [3.8, 4) is 0 Å². The molecule has 0 radical (unpaired) electrons. The van der Waals surface area contributed by atoms with Gasteiger partial charge in [-0.15, -0.1) is 0 Å². The Morgan fingerprint density at radius 1 is 0.826 bits per heavy atom. The molecule has 0 aromatic heterocycles. The van der Waals surface area contributed by atoms with Crippen LogP contribution in [0.25, 0.3) is 0 Å². The van der Waals surface area contributed by atoms with Gasteiger partial charge in [-0.05, 0) is 32.5 Å². The summed E-state index contributed by atoms with van der Waals surface area (Å²) in [5, 5.41) is 0. The molecule has 0 fully saturated rings. The van der Waals surface area contributed by atoms with E-state index in [9.17, 15) is 4.21 Å². The van der Waals surface area contributed by atoms with Gasteiger partial charge in [-0.2, -0.15) is 0 Å². The molecule has 23 heavy (non-hydrogen) atoms. The Hall–Kier alpha value is 0.287. The predicted molar refractivity (Wildman–Crippen MR) is 107 cm³/mol. The molecular weight excluding hydrogens is 324 g/mol. The Labute approximate surface area is 149 Å². The van der Waals surface area contributed by atoms with Gasteiger partial charge in [0.15, 0.2) is 19.4 Å². The van der Waals surface area contributed by atoms with Crippen LogP contribution in [-0.4, -0.2) is 29.4 Å². The first kappa shape index (κ1) is 25.5. The van der Waals surface area contributed by atoms with Crippen LogP contribution in [0.2, 0.25) is 19.1 Å². The highest BCUT2D eigenvalue weighted by molar-refractivity contribution is 7.79. The van der Waals surface area contributed by atoms with Crippen molar-refractivity contribution in [2.75, 3.05) is 12.4 Å². The van der Waals surface area contributed by atoms with Crippen LogP contribution < -0.4 is 0 Å². The first-order valence-corrected chi connectivity index (χ1v) is 14.0. The van der Waals surface area contributed by atoms with Crippen molar-refractivity contribution in [2.24, 2.45) is 0 Å². The molecule has 0 aliphatic heterocycles. The SMILES string of the molecule is CCCCCCCCC[Si](C)(C)OCC.CCCCCS(=O)O. The summed E-state index contributed by atoms with van der Waals surface area (Å²) < 4.78 is 24.0. The van der Waals surface area contributed by atoms with E-state index in [4.69, 9.17) is 8.98 Å². The quantitative estimate of drug-likeness (QED) is 0.220. The van der Waals surface area contributed by atoms with Crippen LogP contribution in [0.4, 0.5) is 0 Å². The largest absolute Gasteiger partial charge is 0.418 e. The van der Waals surface area contributed by atoms with E-state index in [0.29, 0.717) is 5.75 Å². The lowest BCUT2D eigenvalue weighted by atomic mass is 10.1. The highest BCUT2D eigenvalue weighted by atomic mass is 32.2. The van der Waals surface area contributed by atoms with Crippen LogP contribution in [0.5, 0.6) is 0 Å². The van der Waals surface area contributed by atoms with Crippen LogP contribution >= 0.6 is 0 Å². The van der Waals surface area contributed by atoms with Crippen molar-refractivity contribution in [1.29, 1.82) is 0 Å². The van der Waals surface area contributed by atoms with Crippen molar-refractivity contribution < 1.29 is 13.2 Å². The maximum absolute atomic E-state index is 9.99. The van der Waals surface area contributed by atoms with Gasteiger partial charge < -0.3 is 8.98 Å². The van der Waals surface area contributed by atoms with E-state index in [0.717, 1.165) is 25.9 Å². The van der Waals surface area contributed by atoms with E-state index < -0.39 is 19.4 Å². The van der Waals surface area contributed by atoms with Gasteiger partial charge in [0.25, 0.3) is 0 Å². The van der Waals surface area contributed by atoms with Crippen molar-refractivity contribution in [1.82, 2.24) is 0 Å². The van der Waals surface area contributed by atoms with Crippen LogP contribution in [0.3, 0.4) is 0 Å². The summed E-state index contributed by atoms with van der Waals surface area (Å²) >= 11 is -1.57. The number of hydrogen-bond donors (Lipinski definition) is 1. The Balaban J connectivity index is 0. The zero-order valence-electron chi connectivity index (χ0n) is 16.4. The zero-order chi connectivity index (χ0) is 18.0. The molecule has 0 rings (SSSR count). The minimum atomic E-state index is -1.57. The van der Waals surface area contributed by atoms with Gasteiger partial charge in [-0.25, -0.2) is 4.21 Å². The Morgan fingerprint density at radius 3 is 1.78 bits per heavy atom. The summed E-state index contributed by atoms with van der Waals surface area (Å²) in [7, 11) is -1.28.